The lowest BCUT2D eigenvalue weighted by atomic mass is 9.57. The molecule has 0 heterocycles. The molecule has 1 saturated carbocycles. The summed E-state index contributed by atoms with van der Waals surface area (Å²) < 4.78 is 5.28. The zero-order chi connectivity index (χ0) is 30.9. The van der Waals surface area contributed by atoms with Gasteiger partial charge in [0.15, 0.2) is 17.1 Å². The second kappa shape index (κ2) is 9.77. The van der Waals surface area contributed by atoms with Gasteiger partial charge >= 0.3 is 6.09 Å². The van der Waals surface area contributed by atoms with Gasteiger partial charge in [0, 0.05) is 31.3 Å². The Morgan fingerprint density at radius 1 is 1.12 bits per heavy atom. The first-order valence-corrected chi connectivity index (χ1v) is 13.0. The molecule has 1 aromatic rings. The zero-order valence-electron chi connectivity index (χ0n) is 24.0. The Labute approximate surface area is 236 Å². The summed E-state index contributed by atoms with van der Waals surface area (Å²) in [5.41, 5.74) is 1.37. The van der Waals surface area contributed by atoms with Gasteiger partial charge in [-0.25, -0.2) is 4.79 Å². The van der Waals surface area contributed by atoms with Gasteiger partial charge in [0.25, 0.3) is 5.91 Å². The lowest BCUT2D eigenvalue weighted by molar-refractivity contribution is -0.153. The molecule has 0 aliphatic heterocycles. The highest BCUT2D eigenvalue weighted by Crippen LogP contribution is 2.54. The number of aliphatic hydroxyl groups is 3. The second-order valence-corrected chi connectivity index (χ2v) is 12.1. The number of nitrogens with two attached hydrogens (primary N) is 1. The number of anilines is 2. The Morgan fingerprint density at radius 3 is 2.24 bits per heavy atom. The number of phenols is 1. The number of ketones is 2. The van der Waals surface area contributed by atoms with Crippen LogP contribution >= 0.6 is 0 Å². The Hall–Kier alpha value is -4.10. The Kier molecular flexibility index (Phi) is 7.12. The third-order valence-electron chi connectivity index (χ3n) is 7.81. The van der Waals surface area contributed by atoms with Crippen molar-refractivity contribution >= 4 is 40.7 Å². The van der Waals surface area contributed by atoms with Crippen molar-refractivity contribution in [2.45, 2.75) is 50.9 Å². The number of likely N-dealkylation sites (N-methyl/N-ethyl adjacent to an activating group) is 1. The van der Waals surface area contributed by atoms with Gasteiger partial charge < -0.3 is 35.8 Å². The van der Waals surface area contributed by atoms with Crippen molar-refractivity contribution in [3.8, 4) is 5.75 Å². The van der Waals surface area contributed by atoms with Crippen molar-refractivity contribution in [2.24, 2.45) is 17.6 Å². The second-order valence-electron chi connectivity index (χ2n) is 12.1. The van der Waals surface area contributed by atoms with Gasteiger partial charge in [-0.3, -0.25) is 24.6 Å². The number of carbonyl (C=O) groups is 4. The van der Waals surface area contributed by atoms with E-state index >= 15 is 0 Å². The van der Waals surface area contributed by atoms with Gasteiger partial charge in [0.2, 0.25) is 5.78 Å². The highest BCUT2D eigenvalue weighted by molar-refractivity contribution is 6.24. The molecule has 0 radical (unpaired) electrons. The number of phenolic OH excluding ortho intramolecular Hbond substituents is 1. The minimum absolute atomic E-state index is 0.0305. The third kappa shape index (κ3) is 4.58. The van der Waals surface area contributed by atoms with Crippen molar-refractivity contribution in [1.82, 2.24) is 4.90 Å². The number of nitrogens with one attached hydrogen (secondary N) is 1. The number of aromatic hydroxyl groups is 1. The summed E-state index contributed by atoms with van der Waals surface area (Å²) in [6.07, 6.45) is -0.778. The first-order valence-electron chi connectivity index (χ1n) is 13.0. The number of amides is 2. The molecule has 13 heteroatoms. The van der Waals surface area contributed by atoms with Crippen molar-refractivity contribution < 1.29 is 44.3 Å². The predicted molar refractivity (Wildman–Crippen MR) is 148 cm³/mol. The standard InChI is InChI=1S/C28H36N4O9/c1-27(2,3)41-26(39)30-14-10-15(31(4)5)12-8-11-9-13-19(32(6)7)22(35)18(25(29)38)24(37)28(13,40)23(36)16(11)21(34)17(12)20(14)33/h10-11,13,19,33-34,37,40H,8-9H2,1-7H3,(H2,29,38)(H,30,39). The number of rotatable bonds is 4. The smallest absolute Gasteiger partial charge is 0.412 e. The average Bonchev–Trinajstić information content (AvgIpc) is 2.81. The maximum absolute atomic E-state index is 14.0. The molecule has 0 spiro atoms. The van der Waals surface area contributed by atoms with Crippen LogP contribution in [0.3, 0.4) is 0 Å². The van der Waals surface area contributed by atoms with Crippen LogP contribution in [0.5, 0.6) is 5.75 Å². The molecule has 2 amide bonds. The van der Waals surface area contributed by atoms with Crippen LogP contribution < -0.4 is 16.0 Å². The van der Waals surface area contributed by atoms with E-state index in [0.717, 1.165) is 0 Å². The molecule has 4 atom stereocenters. The highest BCUT2D eigenvalue weighted by atomic mass is 16.6. The van der Waals surface area contributed by atoms with Gasteiger partial charge in [-0.1, -0.05) is 0 Å². The Balaban J connectivity index is 1.93. The molecule has 0 aromatic heterocycles. The van der Waals surface area contributed by atoms with Gasteiger partial charge in [0.05, 0.1) is 17.3 Å². The predicted octanol–water partition coefficient (Wildman–Crippen LogP) is 1.38. The molecule has 41 heavy (non-hydrogen) atoms. The van der Waals surface area contributed by atoms with Gasteiger partial charge in [-0.05, 0) is 65.3 Å². The summed E-state index contributed by atoms with van der Waals surface area (Å²) in [5.74, 6) is -7.49. The van der Waals surface area contributed by atoms with E-state index in [4.69, 9.17) is 10.5 Å². The first kappa shape index (κ1) is 29.9. The van der Waals surface area contributed by atoms with E-state index in [1.807, 2.05) is 0 Å². The molecule has 0 saturated heterocycles. The number of fused-ring (bicyclic) bond motifs is 3. The molecule has 3 aliphatic carbocycles. The highest BCUT2D eigenvalue weighted by Gasteiger charge is 2.64. The fourth-order valence-corrected chi connectivity index (χ4v) is 6.20. The fraction of sp³-hybridized carbons (Fsp3) is 0.500. The monoisotopic (exact) mass is 572 g/mol. The third-order valence-corrected chi connectivity index (χ3v) is 7.81. The van der Waals surface area contributed by atoms with Gasteiger partial charge in [-0.15, -0.1) is 0 Å². The largest absolute Gasteiger partial charge is 0.508 e. The summed E-state index contributed by atoms with van der Waals surface area (Å²) in [4.78, 5) is 55.0. The Morgan fingerprint density at radius 2 is 1.73 bits per heavy atom. The number of nitrogens with zero attached hydrogens (tertiary/aromatic N) is 2. The van der Waals surface area contributed by atoms with E-state index in [-0.39, 0.29) is 29.7 Å². The summed E-state index contributed by atoms with van der Waals surface area (Å²) in [6, 6.07) is 0.340. The minimum Gasteiger partial charge on any atom is -0.508 e. The summed E-state index contributed by atoms with van der Waals surface area (Å²) >= 11 is 0. The molecule has 3 aliphatic rings. The fourth-order valence-electron chi connectivity index (χ4n) is 6.20. The zero-order valence-corrected chi connectivity index (χ0v) is 24.0. The van der Waals surface area contributed by atoms with Gasteiger partial charge in [-0.2, -0.15) is 0 Å². The lowest BCUT2D eigenvalue weighted by Gasteiger charge is -2.50. The summed E-state index contributed by atoms with van der Waals surface area (Å²) in [5, 5.41) is 47.9. The molecule has 222 valence electrons. The number of benzene rings is 1. The number of aliphatic hydroxyl groups excluding tert-OH is 2. The quantitative estimate of drug-likeness (QED) is 0.225. The topological polar surface area (TPSA) is 203 Å². The van der Waals surface area contributed by atoms with Crippen LogP contribution in [-0.2, 0) is 25.5 Å². The van der Waals surface area contributed by atoms with Gasteiger partial charge in [0.1, 0.15) is 22.7 Å². The molecule has 1 aromatic carbocycles. The molecule has 1 fully saturated rings. The normalized spacial score (nSPS) is 25.9. The maximum atomic E-state index is 14.0. The van der Waals surface area contributed by atoms with Crippen molar-refractivity contribution in [3.05, 3.63) is 34.1 Å². The molecular formula is C28H36N4O9. The number of Topliss-reactive ketones (excluding diaryl/α,β-unsaturated/α-hetero) is 2. The summed E-state index contributed by atoms with van der Waals surface area (Å²) in [7, 11) is 6.52. The van der Waals surface area contributed by atoms with Crippen molar-refractivity contribution in [2.75, 3.05) is 38.4 Å². The summed E-state index contributed by atoms with van der Waals surface area (Å²) in [6.45, 7) is 5.00. The van der Waals surface area contributed by atoms with Crippen molar-refractivity contribution in [1.29, 1.82) is 0 Å². The number of ether oxygens (including phenoxy) is 1. The molecule has 4 rings (SSSR count). The molecule has 13 nitrogen and oxygen atoms in total. The van der Waals surface area contributed by atoms with E-state index in [1.54, 1.807) is 39.8 Å². The van der Waals surface area contributed by atoms with Crippen LogP contribution in [0.4, 0.5) is 16.2 Å². The number of carbonyl (C=O) groups excluding carboxylic acids is 4. The Bertz CT molecular complexity index is 1440. The average molecular weight is 573 g/mol. The van der Waals surface area contributed by atoms with E-state index < -0.39 is 75.5 Å². The van der Waals surface area contributed by atoms with Crippen LogP contribution in [0.15, 0.2) is 23.0 Å². The van der Waals surface area contributed by atoms with Crippen LogP contribution in [0, 0.1) is 11.8 Å². The molecule has 7 N–H and O–H groups in total. The molecular weight excluding hydrogens is 536 g/mol. The van der Waals surface area contributed by atoms with Crippen LogP contribution in [0.25, 0.3) is 5.76 Å². The first-order chi connectivity index (χ1) is 18.8. The van der Waals surface area contributed by atoms with Crippen LogP contribution in [-0.4, -0.2) is 94.3 Å². The lowest BCUT2D eigenvalue weighted by Crippen LogP contribution is -2.65. The maximum Gasteiger partial charge on any atom is 0.412 e. The molecule has 4 unspecified atom stereocenters. The number of hydrogen-bond donors (Lipinski definition) is 6. The molecule has 0 bridgehead atoms. The number of hydrogen-bond acceptors (Lipinski definition) is 11. The van der Waals surface area contributed by atoms with Crippen molar-refractivity contribution in [3.63, 3.8) is 0 Å². The minimum atomic E-state index is -2.74. The van der Waals surface area contributed by atoms with E-state index in [2.05, 4.69) is 5.32 Å². The van der Waals surface area contributed by atoms with E-state index in [1.165, 1.54) is 25.1 Å². The van der Waals surface area contributed by atoms with Crippen LogP contribution in [0.2, 0.25) is 0 Å². The van der Waals surface area contributed by atoms with Crippen LogP contribution in [0.1, 0.15) is 38.3 Å². The van der Waals surface area contributed by atoms with E-state index in [0.29, 0.717) is 11.3 Å². The SMILES string of the molecule is CN(C)c1cc(NC(=O)OC(C)(C)C)c(O)c2c1CC1CC3C(N(C)C)C(=O)C(C(N)=O)=C(O)C3(O)C(=O)C1=C2O. The van der Waals surface area contributed by atoms with E-state index in [9.17, 15) is 39.6 Å². The number of primary amides is 1.